The third-order valence-electron chi connectivity index (χ3n) is 4.71. The summed E-state index contributed by atoms with van der Waals surface area (Å²) < 4.78 is 2.07. The summed E-state index contributed by atoms with van der Waals surface area (Å²) in [5, 5.41) is 9.50. The lowest BCUT2D eigenvalue weighted by Gasteiger charge is -2.23. The fraction of sp³-hybridized carbons (Fsp3) is 0.167. The Labute approximate surface area is 186 Å². The zero-order valence-corrected chi connectivity index (χ0v) is 18.1. The van der Waals surface area contributed by atoms with E-state index in [1.165, 1.54) is 11.8 Å². The topological polar surface area (TPSA) is 63.9 Å². The number of aromatic nitrogens is 4. The average molecular weight is 430 g/mol. The van der Waals surface area contributed by atoms with E-state index in [-0.39, 0.29) is 11.7 Å². The van der Waals surface area contributed by atoms with Crippen molar-refractivity contribution in [1.82, 2.24) is 19.7 Å². The SMILES string of the molecule is CCCn1c(SCC(=O)N(c2ccccc2)c2ccccc2)nnc1-c1ccncc1. The van der Waals surface area contributed by atoms with Gasteiger partial charge in [0.2, 0.25) is 5.91 Å². The number of hydrogen-bond donors (Lipinski definition) is 0. The first-order chi connectivity index (χ1) is 15.3. The zero-order valence-electron chi connectivity index (χ0n) is 17.3. The number of carbonyl (C=O) groups excluding carboxylic acids is 1. The van der Waals surface area contributed by atoms with E-state index in [0.717, 1.165) is 40.9 Å². The predicted octanol–water partition coefficient (Wildman–Crippen LogP) is 5.21. The maximum Gasteiger partial charge on any atom is 0.242 e. The highest BCUT2D eigenvalue weighted by molar-refractivity contribution is 7.99. The Morgan fingerprint density at radius 3 is 2.10 bits per heavy atom. The molecular weight excluding hydrogens is 406 g/mol. The highest BCUT2D eigenvalue weighted by Crippen LogP contribution is 2.28. The lowest BCUT2D eigenvalue weighted by atomic mass is 10.2. The summed E-state index contributed by atoms with van der Waals surface area (Å²) in [5.41, 5.74) is 2.64. The van der Waals surface area contributed by atoms with Crippen LogP contribution in [0.5, 0.6) is 0 Å². The number of amides is 1. The van der Waals surface area contributed by atoms with E-state index >= 15 is 0 Å². The van der Waals surface area contributed by atoms with Crippen LogP contribution in [0.25, 0.3) is 11.4 Å². The van der Waals surface area contributed by atoms with Crippen molar-refractivity contribution in [3.63, 3.8) is 0 Å². The summed E-state index contributed by atoms with van der Waals surface area (Å²) in [6.45, 7) is 2.89. The molecule has 0 radical (unpaired) electrons. The van der Waals surface area contributed by atoms with Gasteiger partial charge in [0.15, 0.2) is 11.0 Å². The van der Waals surface area contributed by atoms with E-state index < -0.39 is 0 Å². The monoisotopic (exact) mass is 429 g/mol. The second-order valence-electron chi connectivity index (χ2n) is 6.88. The molecule has 0 atom stereocenters. The number of nitrogens with zero attached hydrogens (tertiary/aromatic N) is 5. The molecule has 0 aliphatic heterocycles. The third kappa shape index (κ3) is 4.83. The van der Waals surface area contributed by atoms with Crippen LogP contribution in [0, 0.1) is 0 Å². The highest BCUT2D eigenvalue weighted by Gasteiger charge is 2.20. The molecule has 2 heterocycles. The van der Waals surface area contributed by atoms with Gasteiger partial charge in [-0.1, -0.05) is 55.1 Å². The molecule has 6 nitrogen and oxygen atoms in total. The van der Waals surface area contributed by atoms with Crippen LogP contribution in [0.3, 0.4) is 0 Å². The molecule has 7 heteroatoms. The molecule has 0 unspecified atom stereocenters. The second kappa shape index (κ2) is 10.0. The fourth-order valence-corrected chi connectivity index (χ4v) is 4.13. The molecule has 0 spiro atoms. The van der Waals surface area contributed by atoms with Crippen LogP contribution in [-0.2, 0) is 11.3 Å². The molecule has 4 rings (SSSR count). The standard InChI is InChI=1S/C24H23N5OS/c1-2-17-28-23(19-13-15-25-16-14-19)26-27-24(28)31-18-22(30)29(20-9-5-3-6-10-20)21-11-7-4-8-12-21/h3-16H,2,17-18H2,1H3. The Morgan fingerprint density at radius 2 is 1.52 bits per heavy atom. The van der Waals surface area contributed by atoms with E-state index in [1.807, 2.05) is 72.8 Å². The molecule has 0 saturated heterocycles. The summed E-state index contributed by atoms with van der Waals surface area (Å²) in [6.07, 6.45) is 4.43. The van der Waals surface area contributed by atoms with Gasteiger partial charge in [0.25, 0.3) is 0 Å². The predicted molar refractivity (Wildman–Crippen MR) is 124 cm³/mol. The van der Waals surface area contributed by atoms with E-state index in [9.17, 15) is 4.79 Å². The Bertz CT molecular complexity index is 1080. The molecular formula is C24H23N5OS. The van der Waals surface area contributed by atoms with Crippen LogP contribution >= 0.6 is 11.8 Å². The molecule has 0 saturated carbocycles. The first-order valence-electron chi connectivity index (χ1n) is 10.2. The van der Waals surface area contributed by atoms with Crippen molar-refractivity contribution in [2.75, 3.05) is 10.7 Å². The summed E-state index contributed by atoms with van der Waals surface area (Å²) in [6, 6.07) is 23.2. The first kappa shape index (κ1) is 20.8. The van der Waals surface area contributed by atoms with Crippen LogP contribution in [-0.4, -0.2) is 31.4 Å². The molecule has 0 N–H and O–H groups in total. The van der Waals surface area contributed by atoms with Gasteiger partial charge in [-0.2, -0.15) is 0 Å². The molecule has 0 fully saturated rings. The van der Waals surface area contributed by atoms with Crippen molar-refractivity contribution in [3.05, 3.63) is 85.2 Å². The van der Waals surface area contributed by atoms with Gasteiger partial charge in [0.05, 0.1) is 5.75 Å². The summed E-state index contributed by atoms with van der Waals surface area (Å²) in [7, 11) is 0. The van der Waals surface area contributed by atoms with E-state index in [1.54, 1.807) is 17.3 Å². The largest absolute Gasteiger partial charge is 0.302 e. The van der Waals surface area contributed by atoms with Crippen LogP contribution in [0.15, 0.2) is 90.3 Å². The molecule has 4 aromatic rings. The maximum atomic E-state index is 13.3. The second-order valence-corrected chi connectivity index (χ2v) is 7.83. The molecule has 1 amide bonds. The molecule has 31 heavy (non-hydrogen) atoms. The van der Waals surface area contributed by atoms with Gasteiger partial charge in [0.1, 0.15) is 0 Å². The number of hydrogen-bond acceptors (Lipinski definition) is 5. The molecule has 0 aliphatic carbocycles. The number of anilines is 2. The third-order valence-corrected chi connectivity index (χ3v) is 5.66. The minimum Gasteiger partial charge on any atom is -0.302 e. The quantitative estimate of drug-likeness (QED) is 0.360. The van der Waals surface area contributed by atoms with Crippen LogP contribution in [0.1, 0.15) is 13.3 Å². The van der Waals surface area contributed by atoms with Gasteiger partial charge in [-0.3, -0.25) is 14.7 Å². The van der Waals surface area contributed by atoms with Crippen molar-refractivity contribution >= 4 is 29.0 Å². The fourth-order valence-electron chi connectivity index (χ4n) is 3.32. The van der Waals surface area contributed by atoms with Gasteiger partial charge < -0.3 is 4.57 Å². The highest BCUT2D eigenvalue weighted by atomic mass is 32.2. The van der Waals surface area contributed by atoms with Crippen molar-refractivity contribution in [1.29, 1.82) is 0 Å². The number of benzene rings is 2. The number of rotatable bonds is 8. The lowest BCUT2D eigenvalue weighted by molar-refractivity contribution is -0.115. The van der Waals surface area contributed by atoms with Crippen LogP contribution < -0.4 is 4.90 Å². The Hall–Kier alpha value is -3.45. The van der Waals surface area contributed by atoms with Crippen molar-refractivity contribution < 1.29 is 4.79 Å². The van der Waals surface area contributed by atoms with E-state index in [2.05, 4.69) is 26.7 Å². The average Bonchev–Trinajstić information content (AvgIpc) is 3.23. The number of para-hydroxylation sites is 2. The van der Waals surface area contributed by atoms with Gasteiger partial charge >= 0.3 is 0 Å². The van der Waals surface area contributed by atoms with Gasteiger partial charge in [0, 0.05) is 35.9 Å². The van der Waals surface area contributed by atoms with Crippen molar-refractivity contribution in [2.24, 2.45) is 0 Å². The lowest BCUT2D eigenvalue weighted by Crippen LogP contribution is -2.27. The number of carbonyl (C=O) groups is 1. The minimum atomic E-state index is -0.0149. The Morgan fingerprint density at radius 1 is 0.903 bits per heavy atom. The van der Waals surface area contributed by atoms with Crippen LogP contribution in [0.4, 0.5) is 11.4 Å². The minimum absolute atomic E-state index is 0.0149. The van der Waals surface area contributed by atoms with E-state index in [0.29, 0.717) is 0 Å². The van der Waals surface area contributed by atoms with Gasteiger partial charge in [-0.15, -0.1) is 10.2 Å². The van der Waals surface area contributed by atoms with E-state index in [4.69, 9.17) is 0 Å². The first-order valence-corrected chi connectivity index (χ1v) is 11.2. The molecule has 2 aromatic heterocycles. The van der Waals surface area contributed by atoms with Crippen molar-refractivity contribution in [2.45, 2.75) is 25.0 Å². The molecule has 156 valence electrons. The maximum absolute atomic E-state index is 13.3. The molecule has 0 aliphatic rings. The zero-order chi connectivity index (χ0) is 21.5. The van der Waals surface area contributed by atoms with Crippen molar-refractivity contribution in [3.8, 4) is 11.4 Å². The Kier molecular flexibility index (Phi) is 6.74. The normalized spacial score (nSPS) is 10.7. The molecule has 0 bridgehead atoms. The van der Waals surface area contributed by atoms with Gasteiger partial charge in [-0.25, -0.2) is 0 Å². The summed E-state index contributed by atoms with van der Waals surface area (Å²) in [5.74, 6) is 1.03. The Balaban J connectivity index is 1.58. The summed E-state index contributed by atoms with van der Waals surface area (Å²) >= 11 is 1.41. The number of thioether (sulfide) groups is 1. The number of pyridine rings is 1. The smallest absolute Gasteiger partial charge is 0.242 e. The van der Waals surface area contributed by atoms with Gasteiger partial charge in [-0.05, 0) is 42.8 Å². The van der Waals surface area contributed by atoms with Crippen LogP contribution in [0.2, 0.25) is 0 Å². The summed E-state index contributed by atoms with van der Waals surface area (Å²) in [4.78, 5) is 19.1. The molecule has 2 aromatic carbocycles.